The Labute approximate surface area is 98.5 Å². The lowest BCUT2D eigenvalue weighted by Crippen LogP contribution is -2.32. The highest BCUT2D eigenvalue weighted by Gasteiger charge is 2.13. The Hall–Kier alpha value is -0.770. The SMILES string of the molecule is Cc1ccc(Cl)c(NC(=O)C(C)N)c1Cl. The maximum absolute atomic E-state index is 11.4. The molecule has 1 aromatic rings. The van der Waals surface area contributed by atoms with E-state index in [0.29, 0.717) is 15.7 Å². The van der Waals surface area contributed by atoms with Crippen LogP contribution in [0.4, 0.5) is 5.69 Å². The van der Waals surface area contributed by atoms with E-state index in [1.165, 1.54) is 0 Å². The zero-order valence-electron chi connectivity index (χ0n) is 8.47. The summed E-state index contributed by atoms with van der Waals surface area (Å²) in [6.45, 7) is 3.42. The number of amides is 1. The molecule has 0 aromatic heterocycles. The number of carbonyl (C=O) groups excluding carboxylic acids is 1. The largest absolute Gasteiger partial charge is 0.322 e. The summed E-state index contributed by atoms with van der Waals surface area (Å²) in [5.41, 5.74) is 6.69. The van der Waals surface area contributed by atoms with E-state index in [1.54, 1.807) is 19.1 Å². The molecule has 0 aliphatic rings. The van der Waals surface area contributed by atoms with Gasteiger partial charge in [-0.2, -0.15) is 0 Å². The first-order valence-electron chi connectivity index (χ1n) is 4.44. The third kappa shape index (κ3) is 2.84. The highest BCUT2D eigenvalue weighted by Crippen LogP contribution is 2.32. The molecule has 0 bridgehead atoms. The van der Waals surface area contributed by atoms with E-state index in [2.05, 4.69) is 5.32 Å². The van der Waals surface area contributed by atoms with Crippen molar-refractivity contribution in [3.05, 3.63) is 27.7 Å². The molecule has 1 rings (SSSR count). The Kier molecular flexibility index (Phi) is 3.97. The summed E-state index contributed by atoms with van der Waals surface area (Å²) in [5.74, 6) is -0.315. The molecule has 0 aliphatic heterocycles. The number of nitrogens with two attached hydrogens (primary N) is 1. The average Bonchev–Trinajstić information content (AvgIpc) is 2.18. The fraction of sp³-hybridized carbons (Fsp3) is 0.300. The van der Waals surface area contributed by atoms with Crippen LogP contribution in [0.3, 0.4) is 0 Å². The Morgan fingerprint density at radius 3 is 2.60 bits per heavy atom. The summed E-state index contributed by atoms with van der Waals surface area (Å²) >= 11 is 11.9. The molecule has 0 saturated heterocycles. The van der Waals surface area contributed by atoms with Gasteiger partial charge in [0, 0.05) is 0 Å². The molecule has 5 heteroatoms. The number of carbonyl (C=O) groups is 1. The third-order valence-electron chi connectivity index (χ3n) is 1.95. The Morgan fingerprint density at radius 2 is 2.07 bits per heavy atom. The standard InChI is InChI=1S/C10H12Cl2N2O/c1-5-3-4-7(11)9(8(5)12)14-10(15)6(2)13/h3-4,6H,13H2,1-2H3,(H,14,15). The Morgan fingerprint density at radius 1 is 1.47 bits per heavy atom. The first-order valence-corrected chi connectivity index (χ1v) is 5.20. The van der Waals surface area contributed by atoms with E-state index in [0.717, 1.165) is 5.56 Å². The second-order valence-corrected chi connectivity index (χ2v) is 4.12. The van der Waals surface area contributed by atoms with Crippen molar-refractivity contribution in [2.45, 2.75) is 19.9 Å². The van der Waals surface area contributed by atoms with Crippen LogP contribution in [0.5, 0.6) is 0 Å². The van der Waals surface area contributed by atoms with Gasteiger partial charge in [-0.15, -0.1) is 0 Å². The summed E-state index contributed by atoms with van der Waals surface area (Å²) in [6.07, 6.45) is 0. The zero-order chi connectivity index (χ0) is 11.6. The van der Waals surface area contributed by atoms with Crippen LogP contribution in [0, 0.1) is 6.92 Å². The van der Waals surface area contributed by atoms with Crippen LogP contribution < -0.4 is 11.1 Å². The van der Waals surface area contributed by atoms with Crippen LogP contribution >= 0.6 is 23.2 Å². The van der Waals surface area contributed by atoms with Crippen LogP contribution in [-0.2, 0) is 4.79 Å². The number of halogens is 2. The molecule has 1 amide bonds. The van der Waals surface area contributed by atoms with E-state index in [9.17, 15) is 4.79 Å². The fourth-order valence-corrected chi connectivity index (χ4v) is 1.47. The van der Waals surface area contributed by atoms with Crippen molar-refractivity contribution in [3.63, 3.8) is 0 Å². The van der Waals surface area contributed by atoms with Gasteiger partial charge in [-0.25, -0.2) is 0 Å². The van der Waals surface area contributed by atoms with E-state index in [4.69, 9.17) is 28.9 Å². The monoisotopic (exact) mass is 246 g/mol. The molecule has 0 fully saturated rings. The van der Waals surface area contributed by atoms with Crippen molar-refractivity contribution < 1.29 is 4.79 Å². The van der Waals surface area contributed by atoms with Gasteiger partial charge in [0.1, 0.15) is 0 Å². The van der Waals surface area contributed by atoms with E-state index < -0.39 is 6.04 Å². The van der Waals surface area contributed by atoms with Crippen LogP contribution in [0.15, 0.2) is 12.1 Å². The molecular weight excluding hydrogens is 235 g/mol. The zero-order valence-corrected chi connectivity index (χ0v) is 9.99. The first kappa shape index (κ1) is 12.3. The second-order valence-electron chi connectivity index (χ2n) is 3.33. The van der Waals surface area contributed by atoms with Gasteiger partial charge in [0.15, 0.2) is 0 Å². The van der Waals surface area contributed by atoms with Crippen molar-refractivity contribution >= 4 is 34.8 Å². The van der Waals surface area contributed by atoms with Gasteiger partial charge < -0.3 is 11.1 Å². The lowest BCUT2D eigenvalue weighted by Gasteiger charge is -2.12. The smallest absolute Gasteiger partial charge is 0.241 e. The van der Waals surface area contributed by atoms with Gasteiger partial charge in [0.2, 0.25) is 5.91 Å². The Balaban J connectivity index is 3.04. The van der Waals surface area contributed by atoms with Gasteiger partial charge in [0.05, 0.1) is 21.8 Å². The number of rotatable bonds is 2. The highest BCUT2D eigenvalue weighted by atomic mass is 35.5. The van der Waals surface area contributed by atoms with E-state index >= 15 is 0 Å². The summed E-state index contributed by atoms with van der Waals surface area (Å²) in [7, 11) is 0. The van der Waals surface area contributed by atoms with Crippen LogP contribution in [0.2, 0.25) is 10.0 Å². The molecule has 3 nitrogen and oxygen atoms in total. The number of hydrogen-bond acceptors (Lipinski definition) is 2. The van der Waals surface area contributed by atoms with Crippen LogP contribution in [0.1, 0.15) is 12.5 Å². The van der Waals surface area contributed by atoms with Crippen molar-refractivity contribution in [2.24, 2.45) is 5.73 Å². The van der Waals surface area contributed by atoms with Gasteiger partial charge in [-0.05, 0) is 25.5 Å². The third-order valence-corrected chi connectivity index (χ3v) is 2.75. The minimum absolute atomic E-state index is 0.315. The number of benzene rings is 1. The quantitative estimate of drug-likeness (QED) is 0.843. The topological polar surface area (TPSA) is 55.1 Å². The van der Waals surface area contributed by atoms with Gasteiger partial charge in [0.25, 0.3) is 0 Å². The minimum atomic E-state index is -0.599. The van der Waals surface area contributed by atoms with E-state index in [-0.39, 0.29) is 5.91 Å². The summed E-state index contributed by atoms with van der Waals surface area (Å²) in [6, 6.07) is 2.86. The minimum Gasteiger partial charge on any atom is -0.322 e. The van der Waals surface area contributed by atoms with Crippen molar-refractivity contribution in [1.29, 1.82) is 0 Å². The van der Waals surface area contributed by atoms with Crippen LogP contribution in [-0.4, -0.2) is 11.9 Å². The molecule has 3 N–H and O–H groups in total. The maximum Gasteiger partial charge on any atom is 0.241 e. The molecule has 15 heavy (non-hydrogen) atoms. The Bertz CT molecular complexity index is 391. The molecule has 1 unspecified atom stereocenters. The molecule has 1 aromatic carbocycles. The van der Waals surface area contributed by atoms with Crippen molar-refractivity contribution in [2.75, 3.05) is 5.32 Å². The molecule has 0 aliphatic carbocycles. The molecular formula is C10H12Cl2N2O. The fourth-order valence-electron chi connectivity index (χ4n) is 1.01. The lowest BCUT2D eigenvalue weighted by atomic mass is 10.2. The number of anilines is 1. The summed E-state index contributed by atoms with van der Waals surface area (Å²) < 4.78 is 0. The second kappa shape index (κ2) is 4.84. The molecule has 0 saturated carbocycles. The predicted molar refractivity (Wildman–Crippen MR) is 63.5 cm³/mol. The van der Waals surface area contributed by atoms with Gasteiger partial charge in [-0.1, -0.05) is 29.3 Å². The molecule has 0 radical (unpaired) electrons. The highest BCUT2D eigenvalue weighted by molar-refractivity contribution is 6.40. The van der Waals surface area contributed by atoms with Gasteiger partial charge >= 0.3 is 0 Å². The maximum atomic E-state index is 11.4. The molecule has 0 heterocycles. The molecule has 1 atom stereocenters. The molecule has 0 spiro atoms. The molecule has 82 valence electrons. The lowest BCUT2D eigenvalue weighted by molar-refractivity contribution is -0.117. The first-order chi connectivity index (χ1) is 6.93. The average molecular weight is 247 g/mol. The normalized spacial score (nSPS) is 12.3. The summed E-state index contributed by atoms with van der Waals surface area (Å²) in [4.78, 5) is 11.4. The number of nitrogens with one attached hydrogen (secondary N) is 1. The van der Waals surface area contributed by atoms with Crippen molar-refractivity contribution in [1.82, 2.24) is 0 Å². The van der Waals surface area contributed by atoms with Crippen LogP contribution in [0.25, 0.3) is 0 Å². The number of aryl methyl sites for hydroxylation is 1. The van der Waals surface area contributed by atoms with Gasteiger partial charge in [-0.3, -0.25) is 4.79 Å². The van der Waals surface area contributed by atoms with Crippen molar-refractivity contribution in [3.8, 4) is 0 Å². The number of hydrogen-bond donors (Lipinski definition) is 2. The predicted octanol–water partition coefficient (Wildman–Crippen LogP) is 2.59. The summed E-state index contributed by atoms with van der Waals surface area (Å²) in [5, 5.41) is 3.43. The van der Waals surface area contributed by atoms with E-state index in [1.807, 2.05) is 6.92 Å².